The molecule has 0 aromatic heterocycles. The van der Waals surface area contributed by atoms with E-state index in [0.717, 1.165) is 32.5 Å². The monoisotopic (exact) mass is 426 g/mol. The second-order valence-electron chi connectivity index (χ2n) is 8.88. The van der Waals surface area contributed by atoms with E-state index in [1.165, 1.54) is 24.0 Å². The Balaban J connectivity index is 1.30. The van der Waals surface area contributed by atoms with E-state index < -0.39 is 25.1 Å². The zero-order valence-electron chi connectivity index (χ0n) is 16.4. The van der Waals surface area contributed by atoms with Crippen molar-refractivity contribution in [2.45, 2.75) is 55.7 Å². The molecule has 0 radical (unpaired) electrons. The number of nitrogens with one attached hydrogen (secondary N) is 1. The first-order valence-electron chi connectivity index (χ1n) is 10.2. The molecule has 2 saturated heterocycles. The number of aryl methyl sites for hydroxylation is 1. The fraction of sp³-hybridized carbons (Fsp3) is 0.700. The summed E-state index contributed by atoms with van der Waals surface area (Å²) in [6.45, 7) is 4.90. The second kappa shape index (κ2) is 7.38. The lowest BCUT2D eigenvalue weighted by Gasteiger charge is -2.35. The molecule has 3 aliphatic rings. The smallest absolute Gasteiger partial charge is 0.215 e. The molecule has 0 unspecified atom stereocenters. The fourth-order valence-electron chi connectivity index (χ4n) is 4.57. The van der Waals surface area contributed by atoms with E-state index in [4.69, 9.17) is 0 Å². The molecule has 4 rings (SSSR count). The van der Waals surface area contributed by atoms with Crippen LogP contribution in [0.5, 0.6) is 0 Å². The molecule has 8 heteroatoms. The van der Waals surface area contributed by atoms with Gasteiger partial charge in [-0.05, 0) is 57.7 Å². The third-order valence-electron chi connectivity index (χ3n) is 6.59. The average Bonchev–Trinajstić information content (AvgIpc) is 3.31. The van der Waals surface area contributed by atoms with Crippen LogP contribution < -0.4 is 4.72 Å². The Morgan fingerprint density at radius 2 is 1.75 bits per heavy atom. The molecule has 2 heterocycles. The lowest BCUT2D eigenvalue weighted by Crippen LogP contribution is -2.48. The minimum atomic E-state index is -3.57. The number of rotatable bonds is 6. The summed E-state index contributed by atoms with van der Waals surface area (Å²) in [5, 5.41) is -0.785. The van der Waals surface area contributed by atoms with Crippen LogP contribution in [0.4, 0.5) is 0 Å². The molecule has 1 aromatic rings. The van der Waals surface area contributed by atoms with Gasteiger partial charge < -0.3 is 4.90 Å². The van der Waals surface area contributed by atoms with Gasteiger partial charge in [0, 0.05) is 18.0 Å². The van der Waals surface area contributed by atoms with Gasteiger partial charge in [0.15, 0.2) is 9.84 Å². The summed E-state index contributed by atoms with van der Waals surface area (Å²) in [7, 11) is -6.76. The molecule has 1 atom stereocenters. The van der Waals surface area contributed by atoms with E-state index in [9.17, 15) is 16.8 Å². The first kappa shape index (κ1) is 20.3. The molecule has 1 N–H and O–H groups in total. The molecule has 156 valence electrons. The molecular formula is C20H30N2O4S2. The number of piperidine rings is 1. The van der Waals surface area contributed by atoms with E-state index in [2.05, 4.69) is 40.8 Å². The Bertz CT molecular complexity index is 913. The number of sulfone groups is 1. The molecule has 0 amide bonds. The van der Waals surface area contributed by atoms with Gasteiger partial charge in [-0.15, -0.1) is 0 Å². The lowest BCUT2D eigenvalue weighted by molar-refractivity contribution is 0.191. The van der Waals surface area contributed by atoms with E-state index >= 15 is 0 Å². The van der Waals surface area contributed by atoms with Crippen LogP contribution in [-0.4, -0.2) is 64.2 Å². The number of likely N-dealkylation sites (tertiary alicyclic amines) is 1. The largest absolute Gasteiger partial charge is 0.302 e. The molecule has 1 aliphatic carbocycles. The van der Waals surface area contributed by atoms with Crippen molar-refractivity contribution in [1.29, 1.82) is 0 Å². The van der Waals surface area contributed by atoms with Gasteiger partial charge in [-0.25, -0.2) is 21.6 Å². The number of nitrogens with zero attached hydrogens (tertiary/aromatic N) is 1. The van der Waals surface area contributed by atoms with Crippen molar-refractivity contribution in [1.82, 2.24) is 9.62 Å². The van der Waals surface area contributed by atoms with Crippen molar-refractivity contribution in [3.8, 4) is 0 Å². The van der Waals surface area contributed by atoms with Crippen molar-refractivity contribution in [3.63, 3.8) is 0 Å². The summed E-state index contributed by atoms with van der Waals surface area (Å²) in [6.07, 6.45) is 4.22. The quantitative estimate of drug-likeness (QED) is 0.747. The fourth-order valence-corrected chi connectivity index (χ4v) is 8.92. The molecule has 6 nitrogen and oxygen atoms in total. The van der Waals surface area contributed by atoms with E-state index in [0.29, 0.717) is 0 Å². The number of hydrogen-bond acceptors (Lipinski definition) is 5. The maximum absolute atomic E-state index is 12.5. The Kier molecular flexibility index (Phi) is 5.35. The molecule has 3 fully saturated rings. The lowest BCUT2D eigenvalue weighted by atomic mass is 9.93. The third-order valence-corrected chi connectivity index (χ3v) is 10.5. The van der Waals surface area contributed by atoms with Gasteiger partial charge in [0.2, 0.25) is 10.0 Å². The van der Waals surface area contributed by atoms with Crippen LogP contribution in [0.25, 0.3) is 0 Å². The molecule has 0 bridgehead atoms. The highest BCUT2D eigenvalue weighted by atomic mass is 32.2. The zero-order chi connectivity index (χ0) is 20.0. The molecule has 0 spiro atoms. The molecule has 28 heavy (non-hydrogen) atoms. The molecule has 2 aliphatic heterocycles. The van der Waals surface area contributed by atoms with Crippen molar-refractivity contribution in [2.24, 2.45) is 0 Å². The van der Waals surface area contributed by atoms with Gasteiger partial charge in [0.05, 0.1) is 16.8 Å². The molecule has 1 saturated carbocycles. The van der Waals surface area contributed by atoms with Crippen LogP contribution in [0.3, 0.4) is 0 Å². The van der Waals surface area contributed by atoms with Crippen LogP contribution in [0.2, 0.25) is 0 Å². The highest BCUT2D eigenvalue weighted by Gasteiger charge is 2.46. The van der Waals surface area contributed by atoms with Crippen molar-refractivity contribution < 1.29 is 16.8 Å². The minimum Gasteiger partial charge on any atom is -0.302 e. The van der Waals surface area contributed by atoms with Crippen LogP contribution in [0.15, 0.2) is 24.3 Å². The Hall–Kier alpha value is -0.960. The highest BCUT2D eigenvalue weighted by molar-refractivity contribution is 7.95. The van der Waals surface area contributed by atoms with Crippen molar-refractivity contribution >= 4 is 19.9 Å². The summed E-state index contributed by atoms with van der Waals surface area (Å²) in [4.78, 5) is 2.46. The predicted molar refractivity (Wildman–Crippen MR) is 111 cm³/mol. The van der Waals surface area contributed by atoms with Gasteiger partial charge in [-0.2, -0.15) is 0 Å². The SMILES string of the molecule is Cc1ccc(C2(CN3CCC(NS(=O)(=O)[C@@H]4CCS(=O)(=O)C4)CC3)CC2)cc1. The maximum Gasteiger partial charge on any atom is 0.215 e. The summed E-state index contributed by atoms with van der Waals surface area (Å²) in [5.41, 5.74) is 2.98. The van der Waals surface area contributed by atoms with Gasteiger partial charge in [0.1, 0.15) is 0 Å². The normalized spacial score (nSPS) is 27.7. The zero-order valence-corrected chi connectivity index (χ0v) is 18.1. The summed E-state index contributed by atoms with van der Waals surface area (Å²) in [5.74, 6) is -0.252. The van der Waals surface area contributed by atoms with Gasteiger partial charge in [0.25, 0.3) is 0 Å². The summed E-state index contributed by atoms with van der Waals surface area (Å²) in [6, 6.07) is 8.77. The van der Waals surface area contributed by atoms with Crippen molar-refractivity contribution in [2.75, 3.05) is 31.1 Å². The topological polar surface area (TPSA) is 83.6 Å². The minimum absolute atomic E-state index is 0.0158. The maximum atomic E-state index is 12.5. The Morgan fingerprint density at radius 3 is 2.29 bits per heavy atom. The van der Waals surface area contributed by atoms with Crippen LogP contribution in [-0.2, 0) is 25.3 Å². The third kappa shape index (κ3) is 4.45. The Morgan fingerprint density at radius 1 is 1.11 bits per heavy atom. The standard InChI is InChI=1S/C20H30N2O4S2/c1-16-2-4-17(5-3-16)20(9-10-20)15-22-11-6-18(7-12-22)21-28(25,26)19-8-13-27(23,24)14-19/h2-5,18-19,21H,6-15H2,1H3/t19-/m1/s1. The van der Waals surface area contributed by atoms with Crippen LogP contribution in [0.1, 0.15) is 43.2 Å². The van der Waals surface area contributed by atoms with Crippen molar-refractivity contribution in [3.05, 3.63) is 35.4 Å². The van der Waals surface area contributed by atoms with Gasteiger partial charge >= 0.3 is 0 Å². The summed E-state index contributed by atoms with van der Waals surface area (Å²) < 4.78 is 51.1. The number of benzene rings is 1. The van der Waals surface area contributed by atoms with E-state index in [1.54, 1.807) is 0 Å². The van der Waals surface area contributed by atoms with Gasteiger partial charge in [-0.1, -0.05) is 29.8 Å². The second-order valence-corrected chi connectivity index (χ2v) is 13.1. The first-order chi connectivity index (χ1) is 13.2. The average molecular weight is 427 g/mol. The van der Waals surface area contributed by atoms with Gasteiger partial charge in [-0.3, -0.25) is 0 Å². The molecule has 1 aromatic carbocycles. The Labute approximate surface area is 168 Å². The predicted octanol–water partition coefficient (Wildman–Crippen LogP) is 1.60. The van der Waals surface area contributed by atoms with Crippen LogP contribution in [0, 0.1) is 6.92 Å². The van der Waals surface area contributed by atoms with E-state index in [-0.39, 0.29) is 29.4 Å². The summed E-state index contributed by atoms with van der Waals surface area (Å²) >= 11 is 0. The van der Waals surface area contributed by atoms with E-state index in [1.807, 2.05) is 0 Å². The first-order valence-corrected chi connectivity index (χ1v) is 13.6. The molecular weight excluding hydrogens is 396 g/mol. The number of hydrogen-bond donors (Lipinski definition) is 1. The van der Waals surface area contributed by atoms with Crippen LogP contribution >= 0.6 is 0 Å². The highest BCUT2D eigenvalue weighted by Crippen LogP contribution is 2.49. The number of sulfonamides is 1.